The number of carbonyl (C=O) groups is 2. The lowest BCUT2D eigenvalue weighted by molar-refractivity contribution is -0.139. The average molecular weight is 370 g/mol. The van der Waals surface area contributed by atoms with Crippen LogP contribution in [0.5, 0.6) is 0 Å². The highest BCUT2D eigenvalue weighted by Crippen LogP contribution is 2.21. The first-order valence-electron chi connectivity index (χ1n) is 7.84. The van der Waals surface area contributed by atoms with Crippen molar-refractivity contribution in [2.75, 3.05) is 12.4 Å². The molecule has 0 radical (unpaired) electrons. The molecule has 0 atom stereocenters. The van der Waals surface area contributed by atoms with Gasteiger partial charge >= 0.3 is 5.97 Å². The third-order valence-electron chi connectivity index (χ3n) is 3.70. The van der Waals surface area contributed by atoms with Gasteiger partial charge in [-0.2, -0.15) is 5.26 Å². The Kier molecular flexibility index (Phi) is 6.36. The summed E-state index contributed by atoms with van der Waals surface area (Å²) in [6, 6.07) is 8.76. The fraction of sp³-hybridized carbons (Fsp3) is 0.263. The van der Waals surface area contributed by atoms with Gasteiger partial charge in [-0.05, 0) is 31.9 Å². The molecule has 0 amide bonds. The number of nitriles is 1. The molecule has 26 heavy (non-hydrogen) atoms. The van der Waals surface area contributed by atoms with Gasteiger partial charge in [-0.3, -0.25) is 14.4 Å². The fourth-order valence-electron chi connectivity index (χ4n) is 2.43. The quantitative estimate of drug-likeness (QED) is 0.477. The number of ketones is 1. The molecule has 0 aliphatic rings. The van der Waals surface area contributed by atoms with Gasteiger partial charge in [-0.1, -0.05) is 35.5 Å². The smallest absolute Gasteiger partial charge is 0.316 e. The van der Waals surface area contributed by atoms with Gasteiger partial charge in [0.1, 0.15) is 6.07 Å². The molecule has 1 heterocycles. The number of pyridine rings is 1. The minimum absolute atomic E-state index is 0.117. The number of thioether (sulfide) groups is 1. The molecule has 1 aromatic heterocycles. The predicted molar refractivity (Wildman–Crippen MR) is 98.4 cm³/mol. The highest BCUT2D eigenvalue weighted by atomic mass is 32.2. The molecule has 0 spiro atoms. The van der Waals surface area contributed by atoms with Crippen molar-refractivity contribution in [1.82, 2.24) is 4.98 Å². The number of benzene rings is 1. The Balaban J connectivity index is 1.95. The molecule has 134 valence electrons. The number of nitrogens with one attached hydrogen (secondary N) is 1. The van der Waals surface area contributed by atoms with E-state index < -0.39 is 5.97 Å². The van der Waals surface area contributed by atoms with Crippen LogP contribution in [0.25, 0.3) is 0 Å². The van der Waals surface area contributed by atoms with Crippen molar-refractivity contribution in [2.45, 2.75) is 25.8 Å². The van der Waals surface area contributed by atoms with Crippen molar-refractivity contribution in [2.24, 2.45) is 0 Å². The number of aromatic nitrogens is 1. The van der Waals surface area contributed by atoms with Gasteiger partial charge < -0.3 is 9.72 Å². The number of carbonyl (C=O) groups excluding carboxylic acids is 2. The van der Waals surface area contributed by atoms with Crippen LogP contribution in [-0.2, 0) is 9.53 Å². The van der Waals surface area contributed by atoms with E-state index in [0.717, 1.165) is 22.9 Å². The van der Waals surface area contributed by atoms with Crippen LogP contribution in [0.1, 0.15) is 32.6 Å². The molecule has 2 rings (SSSR count). The molecule has 0 saturated heterocycles. The van der Waals surface area contributed by atoms with Gasteiger partial charge in [0.25, 0.3) is 0 Å². The maximum Gasteiger partial charge on any atom is 0.316 e. The van der Waals surface area contributed by atoms with Crippen molar-refractivity contribution in [1.29, 1.82) is 5.26 Å². The number of nitrogens with zero attached hydrogens (tertiary/aromatic N) is 1. The molecule has 0 aliphatic heterocycles. The van der Waals surface area contributed by atoms with Gasteiger partial charge in [-0.25, -0.2) is 0 Å². The maximum absolute atomic E-state index is 12.2. The molecule has 0 aliphatic carbocycles. The summed E-state index contributed by atoms with van der Waals surface area (Å²) in [6.45, 7) is 5.07. The van der Waals surface area contributed by atoms with Crippen LogP contribution in [0.4, 0.5) is 0 Å². The summed E-state index contributed by atoms with van der Waals surface area (Å²) in [5, 5.41) is 9.47. The Hall–Kier alpha value is -2.85. The molecule has 0 bridgehead atoms. The van der Waals surface area contributed by atoms with Gasteiger partial charge in [0, 0.05) is 11.6 Å². The monoisotopic (exact) mass is 370 g/mol. The van der Waals surface area contributed by atoms with E-state index >= 15 is 0 Å². The minimum Gasteiger partial charge on any atom is -0.457 e. The van der Waals surface area contributed by atoms with Gasteiger partial charge in [-0.15, -0.1) is 0 Å². The summed E-state index contributed by atoms with van der Waals surface area (Å²) in [5.74, 6) is -0.990. The second kappa shape index (κ2) is 8.50. The SMILES string of the molecule is Cc1ccc(C(=O)COC(=O)CSc2[nH]c(=O)cc(C)c2C#N)c(C)c1. The Morgan fingerprint density at radius 3 is 2.58 bits per heavy atom. The lowest BCUT2D eigenvalue weighted by atomic mass is 10.0. The first kappa shape index (κ1) is 19.5. The normalized spacial score (nSPS) is 10.2. The van der Waals surface area contributed by atoms with Crippen LogP contribution in [0.3, 0.4) is 0 Å². The largest absolute Gasteiger partial charge is 0.457 e. The second-order valence-corrected chi connectivity index (χ2v) is 6.81. The van der Waals surface area contributed by atoms with Crippen LogP contribution < -0.4 is 5.56 Å². The van der Waals surface area contributed by atoms with Crippen molar-refractivity contribution < 1.29 is 14.3 Å². The zero-order valence-electron chi connectivity index (χ0n) is 14.7. The Bertz CT molecular complexity index is 957. The summed E-state index contributed by atoms with van der Waals surface area (Å²) in [7, 11) is 0. The third-order valence-corrected chi connectivity index (χ3v) is 4.67. The zero-order valence-corrected chi connectivity index (χ0v) is 15.5. The minimum atomic E-state index is -0.598. The first-order valence-corrected chi connectivity index (χ1v) is 8.83. The first-order chi connectivity index (χ1) is 12.3. The molecule has 1 aromatic carbocycles. The summed E-state index contributed by atoms with van der Waals surface area (Å²) in [5.41, 5.74) is 2.91. The molecule has 0 unspecified atom stereocenters. The highest BCUT2D eigenvalue weighted by molar-refractivity contribution is 7.99. The molecular weight excluding hydrogens is 352 g/mol. The van der Waals surface area contributed by atoms with Crippen LogP contribution >= 0.6 is 11.8 Å². The van der Waals surface area contributed by atoms with Crippen molar-refractivity contribution in [3.63, 3.8) is 0 Å². The van der Waals surface area contributed by atoms with Crippen molar-refractivity contribution in [3.05, 3.63) is 62.4 Å². The number of hydrogen-bond acceptors (Lipinski definition) is 6. The van der Waals surface area contributed by atoms with E-state index in [-0.39, 0.29) is 23.7 Å². The second-order valence-electron chi connectivity index (χ2n) is 5.82. The zero-order chi connectivity index (χ0) is 19.3. The molecule has 7 heteroatoms. The summed E-state index contributed by atoms with van der Waals surface area (Å²) < 4.78 is 5.01. The van der Waals surface area contributed by atoms with E-state index in [0.29, 0.717) is 21.7 Å². The topological polar surface area (TPSA) is 100 Å². The van der Waals surface area contributed by atoms with Crippen LogP contribution in [0, 0.1) is 32.1 Å². The van der Waals surface area contributed by atoms with Crippen molar-refractivity contribution >= 4 is 23.5 Å². The summed E-state index contributed by atoms with van der Waals surface area (Å²) in [4.78, 5) is 38.1. The standard InChI is InChI=1S/C19H18N2O4S/c1-11-4-5-14(12(2)6-11)16(22)9-25-18(24)10-26-19-15(8-20)13(3)7-17(23)21-19/h4-7H,9-10H2,1-3H3,(H,21,23). The van der Waals surface area contributed by atoms with Crippen LogP contribution in [0.15, 0.2) is 34.1 Å². The number of ether oxygens (including phenoxy) is 1. The maximum atomic E-state index is 12.2. The number of rotatable bonds is 6. The number of hydrogen-bond donors (Lipinski definition) is 1. The lowest BCUT2D eigenvalue weighted by Gasteiger charge is -2.08. The summed E-state index contributed by atoms with van der Waals surface area (Å²) in [6.07, 6.45) is 0. The molecule has 0 fully saturated rings. The van der Waals surface area contributed by atoms with Crippen LogP contribution in [-0.4, -0.2) is 29.1 Å². The summed E-state index contributed by atoms with van der Waals surface area (Å²) >= 11 is 0.997. The number of aryl methyl sites for hydroxylation is 3. The van der Waals surface area contributed by atoms with E-state index in [4.69, 9.17) is 10.00 Å². The molecular formula is C19H18N2O4S. The van der Waals surface area contributed by atoms with E-state index in [1.54, 1.807) is 13.0 Å². The molecule has 1 N–H and O–H groups in total. The average Bonchev–Trinajstić information content (AvgIpc) is 2.57. The number of aromatic amines is 1. The van der Waals surface area contributed by atoms with Crippen molar-refractivity contribution in [3.8, 4) is 6.07 Å². The van der Waals surface area contributed by atoms with Gasteiger partial charge in [0.05, 0.1) is 16.3 Å². The molecule has 0 saturated carbocycles. The van der Waals surface area contributed by atoms with E-state index in [2.05, 4.69) is 4.98 Å². The van der Waals surface area contributed by atoms with E-state index in [1.807, 2.05) is 32.0 Å². The molecule has 2 aromatic rings. The lowest BCUT2D eigenvalue weighted by Crippen LogP contribution is -2.17. The Morgan fingerprint density at radius 1 is 1.19 bits per heavy atom. The predicted octanol–water partition coefficient (Wildman–Crippen LogP) is 2.69. The Labute approximate surface area is 155 Å². The molecule has 6 nitrogen and oxygen atoms in total. The Morgan fingerprint density at radius 2 is 1.92 bits per heavy atom. The highest BCUT2D eigenvalue weighted by Gasteiger charge is 2.14. The van der Waals surface area contributed by atoms with E-state index in [9.17, 15) is 14.4 Å². The fourth-order valence-corrected chi connectivity index (χ4v) is 3.30. The van der Waals surface area contributed by atoms with Gasteiger partial charge in [0.15, 0.2) is 6.61 Å². The number of esters is 1. The number of H-pyrrole nitrogens is 1. The van der Waals surface area contributed by atoms with Gasteiger partial charge in [0.2, 0.25) is 11.3 Å². The third kappa shape index (κ3) is 4.83. The van der Waals surface area contributed by atoms with Crippen LogP contribution in [0.2, 0.25) is 0 Å². The van der Waals surface area contributed by atoms with E-state index in [1.165, 1.54) is 6.07 Å². The number of Topliss-reactive ketones (excluding diaryl/α,β-unsaturated/α-hetero) is 1.